The van der Waals surface area contributed by atoms with Crippen LogP contribution in [0.1, 0.15) is 34.8 Å². The van der Waals surface area contributed by atoms with E-state index < -0.39 is 0 Å². The second-order valence-electron chi connectivity index (χ2n) is 6.53. The molecule has 4 rings (SSSR count). The molecule has 2 aromatic heterocycles. The van der Waals surface area contributed by atoms with Crippen molar-refractivity contribution in [1.29, 1.82) is 0 Å². The Morgan fingerprint density at radius 1 is 1.36 bits per heavy atom. The van der Waals surface area contributed by atoms with E-state index in [4.69, 9.17) is 4.42 Å². The van der Waals surface area contributed by atoms with Crippen LogP contribution in [-0.2, 0) is 16.8 Å². The van der Waals surface area contributed by atoms with Gasteiger partial charge in [0.25, 0.3) is 5.91 Å². The van der Waals surface area contributed by atoms with Gasteiger partial charge in [-0.3, -0.25) is 9.59 Å². The molecule has 4 heterocycles. The van der Waals surface area contributed by atoms with E-state index >= 15 is 0 Å². The molecule has 2 amide bonds. The Bertz CT molecular complexity index is 759. The highest BCUT2D eigenvalue weighted by Gasteiger charge is 2.41. The molecule has 3 N–H and O–H groups in total. The van der Waals surface area contributed by atoms with E-state index in [2.05, 4.69) is 20.6 Å². The molecule has 1 fully saturated rings. The van der Waals surface area contributed by atoms with Crippen molar-refractivity contribution in [3.05, 3.63) is 41.9 Å². The summed E-state index contributed by atoms with van der Waals surface area (Å²) in [6, 6.07) is 3.21. The molecular formula is C17H21N5O3. The molecule has 0 unspecified atom stereocenters. The van der Waals surface area contributed by atoms with Gasteiger partial charge in [0.2, 0.25) is 5.91 Å². The lowest BCUT2D eigenvalue weighted by molar-refractivity contribution is -0.132. The van der Waals surface area contributed by atoms with Crippen molar-refractivity contribution < 1.29 is 14.0 Å². The van der Waals surface area contributed by atoms with E-state index in [0.29, 0.717) is 13.1 Å². The first-order valence-electron chi connectivity index (χ1n) is 8.55. The third-order valence-corrected chi connectivity index (χ3v) is 5.12. The molecule has 0 radical (unpaired) electrons. The summed E-state index contributed by atoms with van der Waals surface area (Å²) < 4.78 is 5.02. The van der Waals surface area contributed by atoms with Gasteiger partial charge >= 0.3 is 0 Å². The molecule has 2 aliphatic heterocycles. The average molecular weight is 343 g/mol. The molecule has 8 heteroatoms. The fraction of sp³-hybridized carbons (Fsp3) is 0.471. The normalized spacial score (nSPS) is 18.8. The number of rotatable bonds is 3. The fourth-order valence-corrected chi connectivity index (χ4v) is 3.75. The number of fused-ring (bicyclic) bond motifs is 2. The highest BCUT2D eigenvalue weighted by Crippen LogP contribution is 2.35. The number of aromatic amines is 1. The lowest BCUT2D eigenvalue weighted by Crippen LogP contribution is -2.56. The third kappa shape index (κ3) is 2.93. The van der Waals surface area contributed by atoms with Crippen LogP contribution in [0.25, 0.3) is 0 Å². The number of carbonyl (C=O) groups excluding carboxylic acids is 2. The van der Waals surface area contributed by atoms with Gasteiger partial charge in [0.15, 0.2) is 5.76 Å². The first-order chi connectivity index (χ1) is 12.2. The van der Waals surface area contributed by atoms with Gasteiger partial charge in [-0.2, -0.15) is 0 Å². The van der Waals surface area contributed by atoms with Crippen LogP contribution in [0.15, 0.2) is 29.1 Å². The molecule has 0 aliphatic carbocycles. The van der Waals surface area contributed by atoms with Crippen molar-refractivity contribution in [2.75, 3.05) is 26.2 Å². The quantitative estimate of drug-likeness (QED) is 0.748. The Kier molecular flexibility index (Phi) is 4.04. The van der Waals surface area contributed by atoms with Crippen molar-refractivity contribution >= 4 is 11.8 Å². The van der Waals surface area contributed by atoms with Gasteiger partial charge in [0.1, 0.15) is 0 Å². The number of amides is 2. The van der Waals surface area contributed by atoms with Crippen molar-refractivity contribution in [2.24, 2.45) is 0 Å². The molecule has 2 aliphatic rings. The number of piperidine rings is 1. The van der Waals surface area contributed by atoms with E-state index in [1.807, 2.05) is 0 Å². The first kappa shape index (κ1) is 15.9. The Hall–Kier alpha value is -2.61. The van der Waals surface area contributed by atoms with Crippen molar-refractivity contribution in [2.45, 2.75) is 24.8 Å². The van der Waals surface area contributed by atoms with Crippen LogP contribution >= 0.6 is 0 Å². The highest BCUT2D eigenvalue weighted by atomic mass is 16.3. The standard InChI is InChI=1S/C17H21N5O3/c23-14(10-18-16(24)13-2-1-9-25-13)22-7-4-17(5-8-22)15-12(3-6-21-17)19-11-20-15/h1-2,9,11,21H,3-8,10H2,(H,18,24)(H,19,20). The zero-order valence-electron chi connectivity index (χ0n) is 13.9. The summed E-state index contributed by atoms with van der Waals surface area (Å²) in [5, 5.41) is 6.21. The smallest absolute Gasteiger partial charge is 0.287 e. The summed E-state index contributed by atoms with van der Waals surface area (Å²) in [5.74, 6) is -0.238. The van der Waals surface area contributed by atoms with Gasteiger partial charge in [0, 0.05) is 31.7 Å². The van der Waals surface area contributed by atoms with Crippen LogP contribution in [0, 0.1) is 0 Å². The van der Waals surface area contributed by atoms with E-state index in [-0.39, 0.29) is 29.7 Å². The molecular weight excluding hydrogens is 322 g/mol. The maximum Gasteiger partial charge on any atom is 0.287 e. The maximum atomic E-state index is 12.4. The van der Waals surface area contributed by atoms with Crippen LogP contribution < -0.4 is 10.6 Å². The topological polar surface area (TPSA) is 103 Å². The molecule has 2 aromatic rings. The van der Waals surface area contributed by atoms with Crippen LogP contribution in [-0.4, -0.2) is 52.9 Å². The number of furan rings is 1. The van der Waals surface area contributed by atoms with Gasteiger partial charge < -0.3 is 24.9 Å². The molecule has 0 atom stereocenters. The summed E-state index contributed by atoms with van der Waals surface area (Å²) >= 11 is 0. The number of hydrogen-bond donors (Lipinski definition) is 3. The Morgan fingerprint density at radius 3 is 2.96 bits per heavy atom. The Balaban J connectivity index is 1.33. The van der Waals surface area contributed by atoms with Gasteiger partial charge in [-0.15, -0.1) is 0 Å². The van der Waals surface area contributed by atoms with E-state index in [9.17, 15) is 9.59 Å². The molecule has 0 saturated carbocycles. The third-order valence-electron chi connectivity index (χ3n) is 5.12. The van der Waals surface area contributed by atoms with Gasteiger partial charge in [0.05, 0.1) is 30.4 Å². The number of carbonyl (C=O) groups is 2. The fourth-order valence-electron chi connectivity index (χ4n) is 3.75. The molecule has 8 nitrogen and oxygen atoms in total. The first-order valence-corrected chi connectivity index (χ1v) is 8.55. The SMILES string of the molecule is O=C(NCC(=O)N1CCC2(CC1)NCCc1[nH]cnc12)c1ccco1. The van der Waals surface area contributed by atoms with Crippen molar-refractivity contribution in [1.82, 2.24) is 25.5 Å². The summed E-state index contributed by atoms with van der Waals surface area (Å²) in [5.41, 5.74) is 2.16. The van der Waals surface area contributed by atoms with Gasteiger partial charge in [-0.05, 0) is 25.0 Å². The van der Waals surface area contributed by atoms with Crippen molar-refractivity contribution in [3.8, 4) is 0 Å². The Labute approximate surface area is 145 Å². The van der Waals surface area contributed by atoms with Gasteiger partial charge in [-0.25, -0.2) is 4.98 Å². The lowest BCUT2D eigenvalue weighted by Gasteiger charge is -2.44. The Morgan fingerprint density at radius 2 is 2.20 bits per heavy atom. The lowest BCUT2D eigenvalue weighted by atomic mass is 9.80. The molecule has 0 aromatic carbocycles. The summed E-state index contributed by atoms with van der Waals surface area (Å²) in [6.07, 6.45) is 5.78. The minimum atomic E-state index is -0.373. The average Bonchev–Trinajstić information content (AvgIpc) is 3.32. The number of nitrogens with one attached hydrogen (secondary N) is 3. The predicted octanol–water partition coefficient (Wildman–Crippen LogP) is 0.396. The van der Waals surface area contributed by atoms with E-state index in [1.54, 1.807) is 23.4 Å². The monoisotopic (exact) mass is 343 g/mol. The van der Waals surface area contributed by atoms with Crippen LogP contribution in [0.3, 0.4) is 0 Å². The molecule has 0 bridgehead atoms. The predicted molar refractivity (Wildman–Crippen MR) is 88.8 cm³/mol. The summed E-state index contributed by atoms with van der Waals surface area (Å²) in [6.45, 7) is 2.19. The number of aromatic nitrogens is 2. The van der Waals surface area contributed by atoms with Crippen LogP contribution in [0.5, 0.6) is 0 Å². The second kappa shape index (κ2) is 6.36. The minimum absolute atomic E-state index is 0.0202. The van der Waals surface area contributed by atoms with E-state index in [0.717, 1.165) is 31.5 Å². The van der Waals surface area contributed by atoms with E-state index in [1.165, 1.54) is 12.0 Å². The minimum Gasteiger partial charge on any atom is -0.459 e. The summed E-state index contributed by atoms with van der Waals surface area (Å²) in [7, 11) is 0. The zero-order chi connectivity index (χ0) is 17.3. The number of H-pyrrole nitrogens is 1. The molecule has 1 spiro atoms. The molecule has 132 valence electrons. The molecule has 25 heavy (non-hydrogen) atoms. The molecule has 1 saturated heterocycles. The number of nitrogens with zero attached hydrogens (tertiary/aromatic N) is 2. The maximum absolute atomic E-state index is 12.4. The van der Waals surface area contributed by atoms with Gasteiger partial charge in [-0.1, -0.05) is 0 Å². The number of hydrogen-bond acceptors (Lipinski definition) is 5. The van der Waals surface area contributed by atoms with Crippen LogP contribution in [0.4, 0.5) is 0 Å². The summed E-state index contributed by atoms with van der Waals surface area (Å²) in [4.78, 5) is 33.7. The number of likely N-dealkylation sites (tertiary alicyclic amines) is 1. The second-order valence-corrected chi connectivity index (χ2v) is 6.53. The largest absolute Gasteiger partial charge is 0.459 e. The highest BCUT2D eigenvalue weighted by molar-refractivity contribution is 5.94. The zero-order valence-corrected chi connectivity index (χ0v) is 13.9. The van der Waals surface area contributed by atoms with Crippen molar-refractivity contribution in [3.63, 3.8) is 0 Å². The number of imidazole rings is 1. The van der Waals surface area contributed by atoms with Crippen LogP contribution in [0.2, 0.25) is 0 Å².